The maximum atomic E-state index is 4.93. The largest absolute Gasteiger partial charge is 0.358 e. The van der Waals surface area contributed by atoms with Crippen LogP contribution in [0.5, 0.6) is 0 Å². The number of aromatic amines is 1. The van der Waals surface area contributed by atoms with Crippen LogP contribution >= 0.6 is 0 Å². The smallest absolute Gasteiger partial charge is 0.112 e. The van der Waals surface area contributed by atoms with Crippen LogP contribution in [0.25, 0.3) is 21.8 Å². The maximum absolute atomic E-state index is 4.93. The summed E-state index contributed by atoms with van der Waals surface area (Å²) >= 11 is 0. The molecule has 3 aliphatic rings. The van der Waals surface area contributed by atoms with Gasteiger partial charge >= 0.3 is 0 Å². The number of nitrogens with zero attached hydrogens (tertiary/aromatic N) is 4. The minimum absolute atomic E-state index is 0.219. The van der Waals surface area contributed by atoms with Crippen LogP contribution in [0.1, 0.15) is 57.7 Å². The summed E-state index contributed by atoms with van der Waals surface area (Å²) in [6.45, 7) is 9.80. The SMILES string of the molecule is Cc1ccc2[nH]c3c(c2c1)C1(c2ccc(C)nc2)CCC1(n1c2c(c4cc(C)ccc41)CCN(C)CC2)N(C)CC3. The van der Waals surface area contributed by atoms with E-state index in [-0.39, 0.29) is 11.1 Å². The number of H-pyrrole nitrogens is 1. The van der Waals surface area contributed by atoms with E-state index in [9.17, 15) is 0 Å². The Hall–Kier alpha value is -3.41. The van der Waals surface area contributed by atoms with Crippen molar-refractivity contribution in [2.45, 2.75) is 64.0 Å². The molecule has 1 fully saturated rings. The van der Waals surface area contributed by atoms with Crippen LogP contribution in [0.4, 0.5) is 0 Å². The lowest BCUT2D eigenvalue weighted by molar-refractivity contribution is -0.0960. The van der Waals surface area contributed by atoms with E-state index in [4.69, 9.17) is 4.98 Å². The molecule has 5 heteroatoms. The van der Waals surface area contributed by atoms with E-state index < -0.39 is 0 Å². The Morgan fingerprint density at radius 1 is 0.805 bits per heavy atom. The van der Waals surface area contributed by atoms with E-state index in [2.05, 4.69) is 109 Å². The van der Waals surface area contributed by atoms with Crippen LogP contribution in [-0.2, 0) is 30.3 Å². The Bertz CT molecular complexity index is 1820. The Labute approximate surface area is 243 Å². The first-order valence-corrected chi connectivity index (χ1v) is 15.4. The lowest BCUT2D eigenvalue weighted by Gasteiger charge is -2.64. The monoisotopic (exact) mass is 543 g/mol. The second-order valence-corrected chi connectivity index (χ2v) is 13.2. The molecule has 0 spiro atoms. The van der Waals surface area contributed by atoms with Crippen LogP contribution < -0.4 is 0 Å². The molecule has 41 heavy (non-hydrogen) atoms. The number of aryl methyl sites for hydroxylation is 3. The van der Waals surface area contributed by atoms with Gasteiger partial charge in [0.25, 0.3) is 0 Å². The van der Waals surface area contributed by atoms with Crippen molar-refractivity contribution >= 4 is 21.8 Å². The molecular weight excluding hydrogens is 502 g/mol. The van der Waals surface area contributed by atoms with E-state index in [0.29, 0.717) is 0 Å². The number of fused-ring (bicyclic) bond motifs is 8. The van der Waals surface area contributed by atoms with Crippen LogP contribution in [-0.4, -0.2) is 58.1 Å². The lowest BCUT2D eigenvalue weighted by atomic mass is 9.51. The average molecular weight is 544 g/mol. The van der Waals surface area contributed by atoms with Crippen LogP contribution in [0, 0.1) is 20.8 Å². The fourth-order valence-corrected chi connectivity index (χ4v) is 8.85. The van der Waals surface area contributed by atoms with Gasteiger partial charge in [0.05, 0.1) is 10.9 Å². The fraction of sp³-hybridized carbons (Fsp3) is 0.417. The first kappa shape index (κ1) is 25.3. The molecule has 0 saturated heterocycles. The van der Waals surface area contributed by atoms with E-state index >= 15 is 0 Å². The third-order valence-electron chi connectivity index (χ3n) is 10.9. The average Bonchev–Trinajstić information content (AvgIpc) is 3.35. The van der Waals surface area contributed by atoms with Crippen molar-refractivity contribution in [2.24, 2.45) is 0 Å². The molecule has 0 bridgehead atoms. The van der Waals surface area contributed by atoms with Crippen LogP contribution in [0.15, 0.2) is 54.7 Å². The summed E-state index contributed by atoms with van der Waals surface area (Å²) in [6, 6.07) is 18.8. The molecule has 5 nitrogen and oxygen atoms in total. The van der Waals surface area contributed by atoms with Crippen LogP contribution in [0.2, 0.25) is 0 Å². The van der Waals surface area contributed by atoms with E-state index in [1.165, 1.54) is 49.8 Å². The highest BCUT2D eigenvalue weighted by Crippen LogP contribution is 2.65. The standard InChI is InChI=1S/C36H41N5/c1-23-6-10-30-29(21-23)34-31(38-30)13-19-40(5)36(16-15-35(34,36)26-9-8-25(3)37-22-26)41-32-11-7-24(2)20-28(32)27-12-17-39(4)18-14-33(27)41/h6-11,20-22,38H,12-19H2,1-5H3. The van der Waals surface area contributed by atoms with Crippen molar-refractivity contribution in [1.29, 1.82) is 0 Å². The molecule has 1 N–H and O–H groups in total. The summed E-state index contributed by atoms with van der Waals surface area (Å²) in [5.74, 6) is 0. The minimum Gasteiger partial charge on any atom is -0.358 e. The Kier molecular flexibility index (Phi) is 5.43. The number of nitrogens with one attached hydrogen (secondary N) is 1. The molecule has 0 radical (unpaired) electrons. The quantitative estimate of drug-likeness (QED) is 0.280. The van der Waals surface area contributed by atoms with Gasteiger partial charge in [-0.15, -0.1) is 0 Å². The Morgan fingerprint density at radius 2 is 1.59 bits per heavy atom. The molecule has 2 atom stereocenters. The number of aromatic nitrogens is 3. The predicted octanol–water partition coefficient (Wildman–Crippen LogP) is 6.39. The van der Waals surface area contributed by atoms with Gasteiger partial charge in [-0.05, 0) is 101 Å². The molecule has 0 amide bonds. The predicted molar refractivity (Wildman–Crippen MR) is 168 cm³/mol. The molecule has 3 aromatic heterocycles. The van der Waals surface area contributed by atoms with Crippen molar-refractivity contribution < 1.29 is 0 Å². The van der Waals surface area contributed by atoms with Gasteiger partial charge in [-0.2, -0.15) is 0 Å². The molecule has 5 aromatic rings. The fourth-order valence-electron chi connectivity index (χ4n) is 8.85. The van der Waals surface area contributed by atoms with Gasteiger partial charge in [0.1, 0.15) is 5.66 Å². The second-order valence-electron chi connectivity index (χ2n) is 13.2. The lowest BCUT2D eigenvalue weighted by Crippen LogP contribution is -2.69. The molecule has 2 unspecified atom stereocenters. The highest BCUT2D eigenvalue weighted by molar-refractivity contribution is 5.90. The van der Waals surface area contributed by atoms with Crippen molar-refractivity contribution in [3.05, 3.63) is 99.6 Å². The van der Waals surface area contributed by atoms with Gasteiger partial charge in [-0.1, -0.05) is 29.3 Å². The molecule has 1 saturated carbocycles. The van der Waals surface area contributed by atoms with Gasteiger partial charge in [0.2, 0.25) is 0 Å². The molecule has 2 aromatic carbocycles. The van der Waals surface area contributed by atoms with Crippen molar-refractivity contribution in [3.8, 4) is 0 Å². The van der Waals surface area contributed by atoms with Crippen molar-refractivity contribution in [3.63, 3.8) is 0 Å². The maximum Gasteiger partial charge on any atom is 0.112 e. The summed E-state index contributed by atoms with van der Waals surface area (Å²) in [6.07, 6.45) is 7.63. The van der Waals surface area contributed by atoms with Crippen LogP contribution in [0.3, 0.4) is 0 Å². The molecule has 5 heterocycles. The number of hydrogen-bond donors (Lipinski definition) is 1. The summed E-state index contributed by atoms with van der Waals surface area (Å²) in [5.41, 5.74) is 13.3. The third-order valence-corrected chi connectivity index (χ3v) is 10.9. The number of pyridine rings is 1. The summed E-state index contributed by atoms with van der Waals surface area (Å²) in [7, 11) is 4.68. The minimum atomic E-state index is -0.224. The van der Waals surface area contributed by atoms with Gasteiger partial charge in [-0.3, -0.25) is 9.88 Å². The Morgan fingerprint density at radius 3 is 2.34 bits per heavy atom. The third kappa shape index (κ3) is 3.28. The molecule has 1 aliphatic carbocycles. The highest BCUT2D eigenvalue weighted by Gasteiger charge is 2.67. The van der Waals surface area contributed by atoms with Crippen molar-refractivity contribution in [1.82, 2.24) is 24.3 Å². The zero-order valence-corrected chi connectivity index (χ0v) is 25.1. The second kappa shape index (κ2) is 8.80. The highest BCUT2D eigenvalue weighted by atomic mass is 15.4. The molecule has 8 rings (SSSR count). The van der Waals surface area contributed by atoms with E-state index in [0.717, 1.165) is 57.4 Å². The van der Waals surface area contributed by atoms with Gasteiger partial charge in [-0.25, -0.2) is 0 Å². The van der Waals surface area contributed by atoms with E-state index in [1.54, 1.807) is 11.3 Å². The first-order valence-electron chi connectivity index (χ1n) is 15.4. The number of likely N-dealkylation sites (N-methyl/N-ethyl adjacent to an activating group) is 2. The zero-order valence-electron chi connectivity index (χ0n) is 25.1. The zero-order chi connectivity index (χ0) is 28.1. The topological polar surface area (TPSA) is 40.1 Å². The number of rotatable bonds is 2. The number of benzene rings is 2. The normalized spacial score (nSPS) is 24.9. The number of hydrogen-bond acceptors (Lipinski definition) is 3. The van der Waals surface area contributed by atoms with Gasteiger partial charge < -0.3 is 14.5 Å². The van der Waals surface area contributed by atoms with Gasteiger partial charge in [0.15, 0.2) is 0 Å². The summed E-state index contributed by atoms with van der Waals surface area (Å²) in [5, 5.41) is 2.85. The first-order chi connectivity index (χ1) is 19.8. The van der Waals surface area contributed by atoms with Crippen molar-refractivity contribution in [2.75, 3.05) is 33.7 Å². The Balaban J connectivity index is 1.52. The van der Waals surface area contributed by atoms with E-state index in [1.807, 2.05) is 0 Å². The molecular formula is C36H41N5. The molecule has 210 valence electrons. The molecule has 2 aliphatic heterocycles. The summed E-state index contributed by atoms with van der Waals surface area (Å²) < 4.78 is 2.85. The summed E-state index contributed by atoms with van der Waals surface area (Å²) in [4.78, 5) is 14.1. The van der Waals surface area contributed by atoms with Gasteiger partial charge in [0, 0.05) is 72.0 Å².